The number of nitrogens with one attached hydrogen (secondary N) is 3. The highest BCUT2D eigenvalue weighted by atomic mass is 32.2. The topological polar surface area (TPSA) is 121 Å². The molecule has 0 aliphatic heterocycles. The molecule has 3 aromatic carbocycles. The van der Waals surface area contributed by atoms with Crippen molar-refractivity contribution in [1.82, 2.24) is 4.72 Å². The van der Waals surface area contributed by atoms with E-state index in [1.807, 2.05) is 0 Å². The van der Waals surface area contributed by atoms with E-state index in [2.05, 4.69) is 14.8 Å². The first-order valence-corrected chi connectivity index (χ1v) is 12.3. The summed E-state index contributed by atoms with van der Waals surface area (Å²) in [5, 5.41) is 3.78. The van der Waals surface area contributed by atoms with Crippen LogP contribution in [0.3, 0.4) is 0 Å². The number of rotatable bonds is 7. The van der Waals surface area contributed by atoms with Gasteiger partial charge in [0.25, 0.3) is 0 Å². The molecule has 0 saturated heterocycles. The maximum atomic E-state index is 13.0. The van der Waals surface area contributed by atoms with Crippen LogP contribution in [0.5, 0.6) is 0 Å². The van der Waals surface area contributed by atoms with Crippen LogP contribution in [0.15, 0.2) is 65.6 Å². The lowest BCUT2D eigenvalue weighted by Gasteiger charge is -2.13. The van der Waals surface area contributed by atoms with Gasteiger partial charge < -0.3 is 5.32 Å². The Morgan fingerprint density at radius 2 is 1.57 bits per heavy atom. The number of anilines is 2. The normalized spacial score (nSPS) is 11.9. The average molecular weight is 448 g/mol. The molecule has 30 heavy (non-hydrogen) atoms. The summed E-state index contributed by atoms with van der Waals surface area (Å²) >= 11 is 0. The van der Waals surface area contributed by atoms with E-state index in [9.17, 15) is 21.6 Å². The highest BCUT2D eigenvalue weighted by Crippen LogP contribution is 2.29. The first-order chi connectivity index (χ1) is 14.0. The number of carbonyl (C=O) groups excluding carboxylic acids is 1. The lowest BCUT2D eigenvalue weighted by Crippen LogP contribution is -2.23. The van der Waals surface area contributed by atoms with Crippen LogP contribution in [0.1, 0.15) is 12.5 Å². The van der Waals surface area contributed by atoms with E-state index in [0.717, 1.165) is 6.26 Å². The van der Waals surface area contributed by atoms with Gasteiger partial charge in [-0.05, 0) is 29.8 Å². The van der Waals surface area contributed by atoms with E-state index >= 15 is 0 Å². The van der Waals surface area contributed by atoms with Gasteiger partial charge in [-0.1, -0.05) is 36.4 Å². The minimum atomic E-state index is -3.88. The molecule has 0 saturated carbocycles. The summed E-state index contributed by atoms with van der Waals surface area (Å²) in [4.78, 5) is 11.5. The number of carbonyl (C=O) groups is 1. The summed E-state index contributed by atoms with van der Waals surface area (Å²) in [5.41, 5.74) is 1.46. The van der Waals surface area contributed by atoms with Gasteiger partial charge in [-0.25, -0.2) is 21.6 Å². The lowest BCUT2D eigenvalue weighted by atomic mass is 10.1. The summed E-state index contributed by atoms with van der Waals surface area (Å²) < 4.78 is 53.6. The predicted molar refractivity (Wildman–Crippen MR) is 117 cm³/mol. The first kappa shape index (κ1) is 21.8. The van der Waals surface area contributed by atoms with Crippen molar-refractivity contribution in [3.63, 3.8) is 0 Å². The van der Waals surface area contributed by atoms with Crippen molar-refractivity contribution >= 4 is 48.1 Å². The fourth-order valence-electron chi connectivity index (χ4n) is 3.03. The predicted octanol–water partition coefficient (Wildman–Crippen LogP) is 2.65. The minimum absolute atomic E-state index is 0.0244. The molecular weight excluding hydrogens is 426 g/mol. The second kappa shape index (κ2) is 8.42. The third-order valence-electron chi connectivity index (χ3n) is 4.18. The molecule has 0 bridgehead atoms. The van der Waals surface area contributed by atoms with Crippen LogP contribution >= 0.6 is 0 Å². The number of fused-ring (bicyclic) bond motifs is 1. The Morgan fingerprint density at radius 3 is 2.27 bits per heavy atom. The third kappa shape index (κ3) is 5.35. The molecule has 0 spiro atoms. The second-order valence-electron chi connectivity index (χ2n) is 6.74. The van der Waals surface area contributed by atoms with Gasteiger partial charge in [-0.2, -0.15) is 0 Å². The van der Waals surface area contributed by atoms with Crippen molar-refractivity contribution in [2.24, 2.45) is 0 Å². The van der Waals surface area contributed by atoms with Crippen molar-refractivity contribution in [3.8, 4) is 0 Å². The summed E-state index contributed by atoms with van der Waals surface area (Å²) in [5.74, 6) is -0.253. The van der Waals surface area contributed by atoms with Gasteiger partial charge in [0.1, 0.15) is 0 Å². The molecule has 158 valence electrons. The van der Waals surface area contributed by atoms with Crippen LogP contribution in [-0.4, -0.2) is 29.0 Å². The number of benzene rings is 3. The average Bonchev–Trinajstić information content (AvgIpc) is 2.65. The molecule has 0 aromatic heterocycles. The molecular formula is C20H21N3O5S2. The first-order valence-electron chi connectivity index (χ1n) is 8.91. The Bertz CT molecular complexity index is 1320. The molecule has 3 rings (SSSR count). The van der Waals surface area contributed by atoms with E-state index < -0.39 is 20.0 Å². The largest absolute Gasteiger partial charge is 0.326 e. The Balaban J connectivity index is 1.89. The summed E-state index contributed by atoms with van der Waals surface area (Å²) in [7, 11) is -7.32. The Hall–Kier alpha value is -2.95. The molecule has 8 nitrogen and oxygen atoms in total. The van der Waals surface area contributed by atoms with Gasteiger partial charge in [-0.15, -0.1) is 0 Å². The highest BCUT2D eigenvalue weighted by molar-refractivity contribution is 7.92. The molecule has 0 atom stereocenters. The standard InChI is InChI=1S/C20H21N3O5S2/c1-14(24)22-19-10-4-9-18-17(19)8-5-11-20(18)30(27,28)21-13-15-6-3-7-16(12-15)23-29(2,25)26/h3-12,21,23H,13H2,1-2H3,(H,22,24). The van der Waals surface area contributed by atoms with E-state index in [4.69, 9.17) is 0 Å². The summed E-state index contributed by atoms with van der Waals surface area (Å²) in [6.45, 7) is 1.36. The van der Waals surface area contributed by atoms with Gasteiger partial charge in [-0.3, -0.25) is 9.52 Å². The zero-order valence-electron chi connectivity index (χ0n) is 16.3. The number of hydrogen-bond acceptors (Lipinski definition) is 5. The minimum Gasteiger partial charge on any atom is -0.326 e. The zero-order valence-corrected chi connectivity index (χ0v) is 18.0. The molecule has 0 heterocycles. The Kier molecular flexibility index (Phi) is 6.11. The van der Waals surface area contributed by atoms with E-state index in [0.29, 0.717) is 27.7 Å². The number of hydrogen-bond donors (Lipinski definition) is 3. The van der Waals surface area contributed by atoms with Crippen LogP contribution < -0.4 is 14.8 Å². The SMILES string of the molecule is CC(=O)Nc1cccc2c(S(=O)(=O)NCc3cccc(NS(C)(=O)=O)c3)cccc12. The second-order valence-corrected chi connectivity index (χ2v) is 10.2. The molecule has 0 fully saturated rings. The summed E-state index contributed by atoms with van der Waals surface area (Å²) in [6, 6.07) is 16.3. The van der Waals surface area contributed by atoms with Crippen molar-refractivity contribution in [3.05, 3.63) is 66.2 Å². The quantitative estimate of drug-likeness (QED) is 0.514. The Labute approximate surface area is 175 Å². The van der Waals surface area contributed by atoms with Gasteiger partial charge in [0.15, 0.2) is 0 Å². The van der Waals surface area contributed by atoms with Crippen LogP contribution in [0, 0.1) is 0 Å². The number of sulfonamides is 2. The maximum absolute atomic E-state index is 13.0. The van der Waals surface area contributed by atoms with Crippen LogP contribution in [0.25, 0.3) is 10.8 Å². The molecule has 0 radical (unpaired) electrons. The zero-order chi connectivity index (χ0) is 21.9. The maximum Gasteiger partial charge on any atom is 0.241 e. The van der Waals surface area contributed by atoms with Crippen molar-refractivity contribution in [2.75, 3.05) is 16.3 Å². The molecule has 0 unspecified atom stereocenters. The van der Waals surface area contributed by atoms with Gasteiger partial charge in [0.05, 0.1) is 11.2 Å². The van der Waals surface area contributed by atoms with Gasteiger partial charge in [0, 0.05) is 35.6 Å². The van der Waals surface area contributed by atoms with E-state index in [1.165, 1.54) is 13.0 Å². The highest BCUT2D eigenvalue weighted by Gasteiger charge is 2.18. The molecule has 10 heteroatoms. The third-order valence-corrected chi connectivity index (χ3v) is 6.24. The van der Waals surface area contributed by atoms with Gasteiger partial charge >= 0.3 is 0 Å². The lowest BCUT2D eigenvalue weighted by molar-refractivity contribution is -0.114. The van der Waals surface area contributed by atoms with Gasteiger partial charge in [0.2, 0.25) is 26.0 Å². The molecule has 1 amide bonds. The van der Waals surface area contributed by atoms with E-state index in [-0.39, 0.29) is 17.3 Å². The number of amides is 1. The van der Waals surface area contributed by atoms with E-state index in [1.54, 1.807) is 54.6 Å². The fourth-order valence-corrected chi connectivity index (χ4v) is 4.82. The molecule has 3 aromatic rings. The van der Waals surface area contributed by atoms with Crippen LogP contribution in [0.2, 0.25) is 0 Å². The van der Waals surface area contributed by atoms with Crippen molar-refractivity contribution < 1.29 is 21.6 Å². The monoisotopic (exact) mass is 447 g/mol. The molecule has 0 aliphatic carbocycles. The van der Waals surface area contributed by atoms with Crippen molar-refractivity contribution in [1.29, 1.82) is 0 Å². The summed E-state index contributed by atoms with van der Waals surface area (Å²) in [6.07, 6.45) is 1.04. The Morgan fingerprint density at radius 1 is 0.900 bits per heavy atom. The smallest absolute Gasteiger partial charge is 0.241 e. The van der Waals surface area contributed by atoms with Crippen molar-refractivity contribution in [2.45, 2.75) is 18.4 Å². The van der Waals surface area contributed by atoms with Crippen LogP contribution in [-0.2, 0) is 31.4 Å². The fraction of sp³-hybridized carbons (Fsp3) is 0.150. The molecule has 3 N–H and O–H groups in total. The van der Waals surface area contributed by atoms with Crippen LogP contribution in [0.4, 0.5) is 11.4 Å². The molecule has 0 aliphatic rings.